The van der Waals surface area contributed by atoms with Gasteiger partial charge in [0.1, 0.15) is 5.57 Å². The van der Waals surface area contributed by atoms with E-state index in [1.54, 1.807) is 0 Å². The van der Waals surface area contributed by atoms with Crippen molar-refractivity contribution in [2.75, 3.05) is 0 Å². The summed E-state index contributed by atoms with van der Waals surface area (Å²) in [6, 6.07) is 0. The zero-order chi connectivity index (χ0) is 8.43. The fraction of sp³-hybridized carbons (Fsp3) is 0.333. The quantitative estimate of drug-likeness (QED) is 0.245. The van der Waals surface area contributed by atoms with Gasteiger partial charge in [0.15, 0.2) is 12.1 Å². The van der Waals surface area contributed by atoms with Gasteiger partial charge in [-0.1, -0.05) is 0 Å². The Morgan fingerprint density at radius 2 is 2.09 bits per heavy atom. The molecule has 11 heavy (non-hydrogen) atoms. The number of ketones is 1. The standard InChI is InChI=1S/C6H5NO4/c8-3-4-5(7(10)11)1-2-6(4)9/h3H,1-2H2. The normalized spacial score (nSPS) is 17.3. The predicted octanol–water partition coefficient (Wildman–Crippen LogP) is 0.0790. The highest BCUT2D eigenvalue weighted by atomic mass is 16.6. The Morgan fingerprint density at radius 3 is 2.45 bits per heavy atom. The van der Waals surface area contributed by atoms with Gasteiger partial charge in [0.25, 0.3) is 5.70 Å². The average Bonchev–Trinajstić information content (AvgIpc) is 2.30. The zero-order valence-corrected chi connectivity index (χ0v) is 5.57. The fourth-order valence-electron chi connectivity index (χ4n) is 0.986. The second kappa shape index (κ2) is 2.61. The van der Waals surface area contributed by atoms with Crippen LogP contribution >= 0.6 is 0 Å². The maximum atomic E-state index is 10.7. The monoisotopic (exact) mass is 155 g/mol. The van der Waals surface area contributed by atoms with E-state index in [0.29, 0.717) is 0 Å². The molecule has 5 heteroatoms. The minimum Gasteiger partial charge on any atom is -0.297 e. The lowest BCUT2D eigenvalue weighted by Crippen LogP contribution is -2.02. The molecule has 0 amide bonds. The highest BCUT2D eigenvalue weighted by molar-refractivity contribution is 6.13. The second-order valence-corrected chi connectivity index (χ2v) is 2.16. The lowest BCUT2D eigenvalue weighted by molar-refractivity contribution is -0.427. The third-order valence-corrected chi connectivity index (χ3v) is 1.54. The predicted molar refractivity (Wildman–Crippen MR) is 34.3 cm³/mol. The molecule has 0 saturated carbocycles. The van der Waals surface area contributed by atoms with Crippen LogP contribution in [0.1, 0.15) is 12.8 Å². The molecule has 1 aliphatic rings. The molecule has 0 aliphatic heterocycles. The van der Waals surface area contributed by atoms with Crippen LogP contribution in [0, 0.1) is 10.1 Å². The Balaban J connectivity index is 3.07. The van der Waals surface area contributed by atoms with Crippen LogP contribution in [0.4, 0.5) is 0 Å². The average molecular weight is 155 g/mol. The van der Waals surface area contributed by atoms with Gasteiger partial charge in [-0.15, -0.1) is 0 Å². The lowest BCUT2D eigenvalue weighted by atomic mass is 10.2. The summed E-state index contributed by atoms with van der Waals surface area (Å²) in [4.78, 5) is 30.4. The van der Waals surface area contributed by atoms with Crippen molar-refractivity contribution in [2.24, 2.45) is 0 Å². The van der Waals surface area contributed by atoms with E-state index in [4.69, 9.17) is 0 Å². The summed E-state index contributed by atoms with van der Waals surface area (Å²) in [7, 11) is 0. The van der Waals surface area contributed by atoms with E-state index in [1.807, 2.05) is 0 Å². The smallest absolute Gasteiger partial charge is 0.260 e. The summed E-state index contributed by atoms with van der Waals surface area (Å²) in [5, 5.41) is 10.2. The lowest BCUT2D eigenvalue weighted by Gasteiger charge is -1.87. The first-order valence-electron chi connectivity index (χ1n) is 3.02. The number of hydrogen-bond acceptors (Lipinski definition) is 4. The third kappa shape index (κ3) is 1.17. The number of rotatable bonds is 2. The number of nitrogens with zero attached hydrogens (tertiary/aromatic N) is 1. The highest BCUT2D eigenvalue weighted by Gasteiger charge is 2.30. The van der Waals surface area contributed by atoms with Gasteiger partial charge >= 0.3 is 0 Å². The number of carbonyl (C=O) groups excluding carboxylic acids is 2. The number of hydrogen-bond donors (Lipinski definition) is 0. The van der Waals surface area contributed by atoms with Crippen LogP contribution in [0.2, 0.25) is 0 Å². The summed E-state index contributed by atoms with van der Waals surface area (Å²) in [5.74, 6) is -0.424. The molecule has 0 saturated heterocycles. The van der Waals surface area contributed by atoms with Gasteiger partial charge in [-0.05, 0) is 0 Å². The van der Waals surface area contributed by atoms with E-state index in [2.05, 4.69) is 0 Å². The van der Waals surface area contributed by atoms with E-state index >= 15 is 0 Å². The molecule has 0 fully saturated rings. The number of aldehydes is 1. The first-order valence-corrected chi connectivity index (χ1v) is 3.02. The first kappa shape index (κ1) is 7.59. The Hall–Kier alpha value is -1.52. The molecule has 5 nitrogen and oxygen atoms in total. The van der Waals surface area contributed by atoms with Gasteiger partial charge in [-0.25, -0.2) is 0 Å². The van der Waals surface area contributed by atoms with Gasteiger partial charge in [0.2, 0.25) is 0 Å². The molecule has 0 bridgehead atoms. The summed E-state index contributed by atoms with van der Waals surface area (Å²) in [6.07, 6.45) is 0.428. The molecular weight excluding hydrogens is 150 g/mol. The van der Waals surface area contributed by atoms with Crippen molar-refractivity contribution in [1.82, 2.24) is 0 Å². The number of nitro groups is 1. The molecule has 1 aliphatic carbocycles. The first-order chi connectivity index (χ1) is 5.16. The van der Waals surface area contributed by atoms with Gasteiger partial charge in [0, 0.05) is 12.8 Å². The van der Waals surface area contributed by atoms with Crippen LogP contribution < -0.4 is 0 Å². The molecule has 0 spiro atoms. The van der Waals surface area contributed by atoms with Crippen LogP contribution in [0.25, 0.3) is 0 Å². The molecule has 1 rings (SSSR count). The van der Waals surface area contributed by atoms with Gasteiger partial charge in [-0.2, -0.15) is 0 Å². The van der Waals surface area contributed by atoms with Gasteiger partial charge in [0.05, 0.1) is 4.92 Å². The molecule has 0 aromatic carbocycles. The Kier molecular flexibility index (Phi) is 1.80. The van der Waals surface area contributed by atoms with Crippen LogP contribution in [-0.2, 0) is 9.59 Å². The van der Waals surface area contributed by atoms with E-state index in [-0.39, 0.29) is 30.4 Å². The molecule has 0 unspecified atom stereocenters. The van der Waals surface area contributed by atoms with E-state index in [9.17, 15) is 19.7 Å². The van der Waals surface area contributed by atoms with Crippen molar-refractivity contribution in [3.8, 4) is 0 Å². The maximum absolute atomic E-state index is 10.7. The van der Waals surface area contributed by atoms with Crippen molar-refractivity contribution >= 4 is 12.1 Å². The van der Waals surface area contributed by atoms with Crippen molar-refractivity contribution in [1.29, 1.82) is 0 Å². The summed E-state index contributed by atoms with van der Waals surface area (Å²) < 4.78 is 0. The molecule has 0 N–H and O–H groups in total. The minimum atomic E-state index is -0.672. The molecule has 0 aromatic rings. The van der Waals surface area contributed by atoms with Crippen LogP contribution in [0.15, 0.2) is 11.3 Å². The van der Waals surface area contributed by atoms with Crippen LogP contribution in [0.3, 0.4) is 0 Å². The summed E-state index contributed by atoms with van der Waals surface area (Å²) >= 11 is 0. The van der Waals surface area contributed by atoms with E-state index in [1.165, 1.54) is 0 Å². The topological polar surface area (TPSA) is 77.3 Å². The molecule has 58 valence electrons. The van der Waals surface area contributed by atoms with Crippen molar-refractivity contribution in [2.45, 2.75) is 12.8 Å². The molecular formula is C6H5NO4. The highest BCUT2D eigenvalue weighted by Crippen LogP contribution is 2.21. The Labute approximate surface area is 61.8 Å². The van der Waals surface area contributed by atoms with Crippen LogP contribution in [0.5, 0.6) is 0 Å². The van der Waals surface area contributed by atoms with Gasteiger partial charge < -0.3 is 0 Å². The Morgan fingerprint density at radius 1 is 1.45 bits per heavy atom. The fourth-order valence-corrected chi connectivity index (χ4v) is 0.986. The maximum Gasteiger partial charge on any atom is 0.260 e. The molecule has 0 atom stereocenters. The summed E-state index contributed by atoms with van der Waals surface area (Å²) in [6.45, 7) is 0. The second-order valence-electron chi connectivity index (χ2n) is 2.16. The zero-order valence-electron chi connectivity index (χ0n) is 5.57. The minimum absolute atomic E-state index is 0.0832. The third-order valence-electron chi connectivity index (χ3n) is 1.54. The number of Topliss-reactive ketones (excluding diaryl/α,β-unsaturated/α-hetero) is 1. The molecule has 0 heterocycles. The number of carbonyl (C=O) groups is 2. The largest absolute Gasteiger partial charge is 0.297 e. The van der Waals surface area contributed by atoms with Gasteiger partial charge in [-0.3, -0.25) is 19.7 Å². The Bertz CT molecular complexity index is 266. The van der Waals surface area contributed by atoms with Crippen LogP contribution in [-0.4, -0.2) is 17.0 Å². The SMILES string of the molecule is O=CC1=C([N+](=O)[O-])CCC1=O. The molecule has 0 aromatic heterocycles. The van der Waals surface area contributed by atoms with Crippen molar-refractivity contribution in [3.63, 3.8) is 0 Å². The van der Waals surface area contributed by atoms with E-state index in [0.717, 1.165) is 0 Å². The van der Waals surface area contributed by atoms with Crippen molar-refractivity contribution in [3.05, 3.63) is 21.4 Å². The number of allylic oxidation sites excluding steroid dienone is 2. The summed E-state index contributed by atoms with van der Waals surface area (Å²) in [5.41, 5.74) is -0.514. The van der Waals surface area contributed by atoms with Crippen molar-refractivity contribution < 1.29 is 14.5 Å². The van der Waals surface area contributed by atoms with E-state index < -0.39 is 10.7 Å². The molecule has 0 radical (unpaired) electrons.